The highest BCUT2D eigenvalue weighted by atomic mass is 32.1. The Hall–Kier alpha value is -7.01. The Morgan fingerprint density at radius 1 is 0.800 bits per heavy atom. The second kappa shape index (κ2) is 22.1. The number of nitrogens with zero attached hydrogens (tertiary/aromatic N) is 7. The van der Waals surface area contributed by atoms with E-state index in [1.54, 1.807) is 0 Å². The molecule has 0 radical (unpaired) electrons. The number of ether oxygens (including phenoxy) is 1. The van der Waals surface area contributed by atoms with E-state index in [4.69, 9.17) is 14.7 Å². The van der Waals surface area contributed by atoms with E-state index in [1.165, 1.54) is 37.0 Å². The van der Waals surface area contributed by atoms with Crippen molar-refractivity contribution in [3.8, 4) is 16.9 Å². The summed E-state index contributed by atoms with van der Waals surface area (Å²) in [5.41, 5.74) is 8.50. The van der Waals surface area contributed by atoms with Gasteiger partial charge in [-0.25, -0.2) is 19.7 Å². The number of carboxylic acids is 1. The number of carbonyl (C=O) groups is 4. The number of unbranched alkanes of at least 4 members (excludes halogenated alkanes) is 2. The second-order valence-corrected chi connectivity index (χ2v) is 22.0. The van der Waals surface area contributed by atoms with E-state index in [0.29, 0.717) is 54.4 Å². The molecule has 3 aliphatic heterocycles. The maximum absolute atomic E-state index is 13.7. The first kappa shape index (κ1) is 50.2. The van der Waals surface area contributed by atoms with Crippen molar-refractivity contribution in [2.75, 3.05) is 49.5 Å². The number of thiazole rings is 1. The van der Waals surface area contributed by atoms with Gasteiger partial charge in [-0.2, -0.15) is 0 Å². The van der Waals surface area contributed by atoms with Crippen molar-refractivity contribution >= 4 is 67.2 Å². The maximum atomic E-state index is 13.7. The SMILES string of the molecule is Cc1c(OC2CCC(CCCCCN3CCN(Cc4nc5cc(C6CCC(=O)NC6=O)ccc5n4C)CC3)CC2)cccc1-c1ccc(N2CCc3cccc(C(=O)Nc4nc5ccccc5s4)c3C2)nc1C(=O)O. The van der Waals surface area contributed by atoms with Crippen LogP contribution in [0.5, 0.6) is 5.75 Å². The monoisotopic (exact) mass is 1030 g/mol. The lowest BCUT2D eigenvalue weighted by molar-refractivity contribution is -0.134. The lowest BCUT2D eigenvalue weighted by Gasteiger charge is -2.34. The number of amides is 3. The van der Waals surface area contributed by atoms with E-state index >= 15 is 0 Å². The van der Waals surface area contributed by atoms with Crippen molar-refractivity contribution < 1.29 is 29.0 Å². The van der Waals surface area contributed by atoms with Gasteiger partial charge < -0.3 is 24.2 Å². The molecule has 6 heterocycles. The van der Waals surface area contributed by atoms with Crippen molar-refractivity contribution in [3.63, 3.8) is 0 Å². The van der Waals surface area contributed by atoms with Gasteiger partial charge in [0.1, 0.15) is 17.4 Å². The molecular weight excluding hydrogens is 963 g/mol. The summed E-state index contributed by atoms with van der Waals surface area (Å²) in [7, 11) is 2.07. The van der Waals surface area contributed by atoms with Gasteiger partial charge in [-0.05, 0) is 141 Å². The van der Waals surface area contributed by atoms with Crippen molar-refractivity contribution in [3.05, 3.63) is 130 Å². The minimum atomic E-state index is -1.10. The number of aromatic carboxylic acids is 1. The molecule has 1 aliphatic carbocycles. The van der Waals surface area contributed by atoms with Crippen LogP contribution in [0.3, 0.4) is 0 Å². The number of carboxylic acid groups (broad SMARTS) is 1. The summed E-state index contributed by atoms with van der Waals surface area (Å²) in [4.78, 5) is 72.2. The summed E-state index contributed by atoms with van der Waals surface area (Å²) in [5.74, 6) is 1.04. The van der Waals surface area contributed by atoms with Gasteiger partial charge in [0, 0.05) is 63.9 Å². The average Bonchev–Trinajstić information content (AvgIpc) is 3.98. The van der Waals surface area contributed by atoms with Crippen molar-refractivity contribution in [2.24, 2.45) is 13.0 Å². The van der Waals surface area contributed by atoms with Gasteiger partial charge in [0.15, 0.2) is 10.8 Å². The molecule has 75 heavy (non-hydrogen) atoms. The van der Waals surface area contributed by atoms with Gasteiger partial charge in [0.25, 0.3) is 5.91 Å². The molecule has 1 unspecified atom stereocenters. The van der Waals surface area contributed by atoms with Crippen LogP contribution in [0.1, 0.15) is 119 Å². The number of rotatable bonds is 16. The van der Waals surface area contributed by atoms with E-state index < -0.39 is 5.97 Å². The number of hydrogen-bond acceptors (Lipinski definition) is 12. The van der Waals surface area contributed by atoms with E-state index in [1.807, 2.05) is 85.8 Å². The number of benzene rings is 4. The van der Waals surface area contributed by atoms with Gasteiger partial charge in [-0.15, -0.1) is 0 Å². The summed E-state index contributed by atoms with van der Waals surface area (Å²) in [6.07, 6.45) is 11.0. The Bertz CT molecular complexity index is 3250. The number of para-hydroxylation sites is 1. The van der Waals surface area contributed by atoms with Gasteiger partial charge in [-0.3, -0.25) is 29.9 Å². The Labute approximate surface area is 441 Å². The molecule has 4 aliphatic rings. The van der Waals surface area contributed by atoms with Gasteiger partial charge in [0.2, 0.25) is 11.8 Å². The summed E-state index contributed by atoms with van der Waals surface area (Å²) >= 11 is 1.44. The lowest BCUT2D eigenvalue weighted by atomic mass is 9.84. The number of piperidine rings is 1. The van der Waals surface area contributed by atoms with Crippen molar-refractivity contribution in [1.29, 1.82) is 0 Å². The number of pyridine rings is 1. The molecule has 3 fully saturated rings. The number of anilines is 2. The molecule has 15 nitrogen and oxygen atoms in total. The van der Waals surface area contributed by atoms with Crippen LogP contribution >= 0.6 is 11.3 Å². The smallest absolute Gasteiger partial charge is 0.355 e. The number of nitrogens with one attached hydrogen (secondary N) is 2. The zero-order chi connectivity index (χ0) is 51.6. The fourth-order valence-corrected chi connectivity index (χ4v) is 12.7. The summed E-state index contributed by atoms with van der Waals surface area (Å²) in [6.45, 7) is 9.15. The quantitative estimate of drug-likeness (QED) is 0.0618. The first-order valence-corrected chi connectivity index (χ1v) is 27.6. The number of imidazole rings is 1. The number of fused-ring (bicyclic) bond motifs is 3. The predicted octanol–water partition coefficient (Wildman–Crippen LogP) is 9.90. The maximum Gasteiger partial charge on any atom is 0.355 e. The molecule has 2 saturated heterocycles. The number of piperazine rings is 1. The van der Waals surface area contributed by atoms with Gasteiger partial charge in [-0.1, -0.05) is 73.1 Å². The fraction of sp³-hybridized carbons (Fsp3) is 0.407. The standard InChI is InChI=1S/C59H65N9O6S/c1-37-42(44-22-25-52(62-55(44)58(72)73)68-29-27-39-11-8-13-45(46(39)35-68)57(71)64-59-61-47-14-5-6-16-51(47)75-59)12-9-15-50(37)74-41-20-17-38(18-21-41)10-4-3-7-28-66-30-32-67(33-31-66)36-53-60-48-34-40(19-24-49(48)65(53)2)43-23-26-54(69)63-56(43)70/h5-6,8-9,11-16,19,22,24-25,34,38,41,43H,3-4,7,10,17-18,20-21,23,26-33,35-36H2,1-2H3,(H,72,73)(H,61,64,71)(H,63,69,70). The number of imide groups is 1. The third kappa shape index (κ3) is 11.1. The molecular formula is C59H65N9O6S. The van der Waals surface area contributed by atoms with Crippen LogP contribution in [0.2, 0.25) is 0 Å². The predicted molar refractivity (Wildman–Crippen MR) is 293 cm³/mol. The normalized spacial score (nSPS) is 19.5. The molecule has 0 bridgehead atoms. The van der Waals surface area contributed by atoms with Crippen molar-refractivity contribution in [2.45, 2.75) is 103 Å². The second-order valence-electron chi connectivity index (χ2n) is 20.9. The molecule has 4 aromatic carbocycles. The molecule has 3 aromatic heterocycles. The lowest BCUT2D eigenvalue weighted by Crippen LogP contribution is -2.46. The van der Waals surface area contributed by atoms with E-state index in [2.05, 4.69) is 54.1 Å². The topological polar surface area (TPSA) is 175 Å². The third-order valence-electron chi connectivity index (χ3n) is 16.2. The fourth-order valence-electron chi connectivity index (χ4n) is 11.8. The number of carbonyl (C=O) groups excluding carboxylic acids is 3. The minimum Gasteiger partial charge on any atom is -0.490 e. The molecule has 0 spiro atoms. The van der Waals surface area contributed by atoms with E-state index in [-0.39, 0.29) is 35.4 Å². The summed E-state index contributed by atoms with van der Waals surface area (Å²) < 4.78 is 9.85. The molecule has 7 aromatic rings. The highest BCUT2D eigenvalue weighted by molar-refractivity contribution is 7.22. The van der Waals surface area contributed by atoms with E-state index in [9.17, 15) is 24.3 Å². The third-order valence-corrected chi connectivity index (χ3v) is 17.1. The zero-order valence-electron chi connectivity index (χ0n) is 42.9. The molecule has 1 atom stereocenters. The average molecular weight is 1030 g/mol. The Morgan fingerprint density at radius 2 is 1.61 bits per heavy atom. The first-order chi connectivity index (χ1) is 36.5. The summed E-state index contributed by atoms with van der Waals surface area (Å²) in [6, 6.07) is 29.3. The molecule has 3 amide bonds. The van der Waals surface area contributed by atoms with Gasteiger partial charge >= 0.3 is 5.97 Å². The molecule has 11 rings (SSSR count). The molecule has 16 heteroatoms. The number of aryl methyl sites for hydroxylation is 1. The largest absolute Gasteiger partial charge is 0.490 e. The van der Waals surface area contributed by atoms with Crippen LogP contribution in [-0.2, 0) is 36.1 Å². The van der Waals surface area contributed by atoms with Crippen LogP contribution in [0.15, 0.2) is 91.0 Å². The molecule has 388 valence electrons. The van der Waals surface area contributed by atoms with Crippen LogP contribution < -0.4 is 20.3 Å². The van der Waals surface area contributed by atoms with Gasteiger partial charge in [0.05, 0.1) is 39.8 Å². The highest BCUT2D eigenvalue weighted by Gasteiger charge is 2.30. The Kier molecular flexibility index (Phi) is 14.8. The minimum absolute atomic E-state index is 0.0132. The van der Waals surface area contributed by atoms with Crippen LogP contribution in [0, 0.1) is 12.8 Å². The van der Waals surface area contributed by atoms with Crippen molar-refractivity contribution in [1.82, 2.24) is 34.6 Å². The Morgan fingerprint density at radius 3 is 2.43 bits per heavy atom. The molecule has 1 saturated carbocycles. The van der Waals surface area contributed by atoms with Crippen LogP contribution in [0.4, 0.5) is 10.9 Å². The Balaban J connectivity index is 0.624. The number of hydrogen-bond donors (Lipinski definition) is 3. The summed E-state index contributed by atoms with van der Waals surface area (Å²) in [5, 5.41) is 16.6. The van der Waals surface area contributed by atoms with E-state index in [0.717, 1.165) is 132 Å². The number of aromatic nitrogens is 4. The van der Waals surface area contributed by atoms with Crippen LogP contribution in [-0.4, -0.2) is 103 Å². The first-order valence-electron chi connectivity index (χ1n) is 26.8. The highest BCUT2D eigenvalue weighted by Crippen LogP contribution is 2.38. The molecule has 3 N–H and O–H groups in total. The van der Waals surface area contributed by atoms with Crippen LogP contribution in [0.25, 0.3) is 32.4 Å². The zero-order valence-corrected chi connectivity index (χ0v) is 43.7.